The second kappa shape index (κ2) is 29.6. The number of nitrogens with zero attached hydrogens (tertiary/aromatic N) is 6. The largest absolute Gasteiger partial charge is 0.497 e. The standard InChI is InChI=1S/2C19H15N3O4S3.C15H19BN2O3S.C10H8BrNO3S2/c2*1-11(23)21-18-22-15-8-3-12(9-16(15)27-18)17-10-20-19(28-17)29(24,25)14-6-4-13(26-2)5-7-14;1-9(19)17-13-18-11-7-6-10(8-12(11)22-13)16-20-14(2,3)15(4,5)21-16;1-15-7-2-4-8(5-3-7)17(13,14)10-12-6-9(11)16-10/h2*3-10H,1-2H3,(H,21,22,23);6-8H,1-5H3,(H,17,18,19);2-6H,1H3. The Morgan fingerprint density at radius 2 is 0.763 bits per heavy atom. The van der Waals surface area contributed by atoms with Crippen molar-refractivity contribution in [2.45, 2.75) is 87.4 Å². The Morgan fingerprint density at radius 3 is 1.08 bits per heavy atom. The predicted octanol–water partition coefficient (Wildman–Crippen LogP) is 13.7. The van der Waals surface area contributed by atoms with Gasteiger partial charge in [0.2, 0.25) is 60.3 Å². The van der Waals surface area contributed by atoms with Crippen LogP contribution in [0.25, 0.3) is 51.5 Å². The third kappa shape index (κ3) is 16.8. The van der Waals surface area contributed by atoms with Gasteiger partial charge in [-0.15, -0.1) is 22.7 Å². The van der Waals surface area contributed by atoms with Gasteiger partial charge in [-0.1, -0.05) is 63.5 Å². The molecule has 7 heterocycles. The van der Waals surface area contributed by atoms with Gasteiger partial charge in [-0.05, 0) is 169 Å². The molecule has 0 aliphatic carbocycles. The summed E-state index contributed by atoms with van der Waals surface area (Å²) in [5.74, 6) is 1.30. The van der Waals surface area contributed by atoms with E-state index in [1.807, 2.05) is 82.3 Å². The molecule has 97 heavy (non-hydrogen) atoms. The number of nitrogens with one attached hydrogen (secondary N) is 3. The molecule has 34 heteroatoms. The number of hydrogen-bond donors (Lipinski definition) is 3. The van der Waals surface area contributed by atoms with E-state index in [4.69, 9.17) is 23.5 Å². The molecule has 12 aromatic rings. The maximum Gasteiger partial charge on any atom is 0.494 e. The summed E-state index contributed by atoms with van der Waals surface area (Å²) in [7, 11) is -6.75. The number of carbonyl (C=O) groups is 3. The average Bonchev–Trinajstić information content (AvgIpc) is 1.67. The molecule has 6 aromatic heterocycles. The van der Waals surface area contributed by atoms with Gasteiger partial charge in [-0.25, -0.2) is 55.2 Å². The number of fused-ring (bicyclic) bond motifs is 3. The van der Waals surface area contributed by atoms with E-state index < -0.39 is 29.5 Å². The number of anilines is 3. The van der Waals surface area contributed by atoms with Gasteiger partial charge in [-0.2, -0.15) is 0 Å². The van der Waals surface area contributed by atoms with E-state index in [2.05, 4.69) is 61.8 Å². The Hall–Kier alpha value is -8.00. The molecule has 0 bridgehead atoms. The Balaban J connectivity index is 0.000000143. The third-order valence-electron chi connectivity index (χ3n) is 14.4. The molecule has 3 N–H and O–H groups in total. The number of benzene rings is 6. The summed E-state index contributed by atoms with van der Waals surface area (Å²) in [4.78, 5) is 60.8. The fourth-order valence-electron chi connectivity index (χ4n) is 8.80. The van der Waals surface area contributed by atoms with Crippen LogP contribution in [0.15, 0.2) is 177 Å². The van der Waals surface area contributed by atoms with Crippen LogP contribution in [0.2, 0.25) is 0 Å². The van der Waals surface area contributed by atoms with Crippen LogP contribution >= 0.6 is 84.0 Å². The van der Waals surface area contributed by atoms with Gasteiger partial charge in [0, 0.05) is 33.2 Å². The van der Waals surface area contributed by atoms with Gasteiger partial charge in [0.1, 0.15) is 17.2 Å². The molecule has 1 saturated heterocycles. The highest BCUT2D eigenvalue weighted by Gasteiger charge is 2.51. The third-order valence-corrected chi connectivity index (χ3v) is 27.2. The van der Waals surface area contributed by atoms with Crippen molar-refractivity contribution in [3.8, 4) is 38.1 Å². The zero-order chi connectivity index (χ0) is 69.8. The summed E-state index contributed by atoms with van der Waals surface area (Å²) < 4.78 is 107. The minimum absolute atomic E-state index is 0.0287. The lowest BCUT2D eigenvalue weighted by Gasteiger charge is -2.32. The highest BCUT2D eigenvalue weighted by atomic mass is 79.9. The van der Waals surface area contributed by atoms with Crippen molar-refractivity contribution in [2.75, 3.05) is 37.3 Å². The van der Waals surface area contributed by atoms with Crippen LogP contribution in [0.3, 0.4) is 0 Å². The molecule has 1 fully saturated rings. The molecular weight excluding hydrogens is 1490 g/mol. The minimum atomic E-state index is -3.71. The van der Waals surface area contributed by atoms with E-state index in [9.17, 15) is 39.6 Å². The maximum absolute atomic E-state index is 12.9. The highest BCUT2D eigenvalue weighted by Crippen LogP contribution is 2.40. The second-order valence-corrected chi connectivity index (χ2v) is 35.7. The van der Waals surface area contributed by atoms with E-state index in [-0.39, 0.29) is 63.7 Å². The number of amides is 3. The Morgan fingerprint density at radius 1 is 0.443 bits per heavy atom. The normalized spacial score (nSPS) is 13.3. The molecule has 6 aromatic carbocycles. The molecule has 502 valence electrons. The molecule has 0 saturated carbocycles. The minimum Gasteiger partial charge on any atom is -0.497 e. The van der Waals surface area contributed by atoms with Crippen LogP contribution in [0.4, 0.5) is 15.4 Å². The summed E-state index contributed by atoms with van der Waals surface area (Å²) in [6.45, 7) is 12.5. The first-order chi connectivity index (χ1) is 45.9. The number of thiazole rings is 6. The van der Waals surface area contributed by atoms with Crippen LogP contribution in [-0.2, 0) is 53.2 Å². The number of halogens is 1. The number of rotatable bonds is 15. The zero-order valence-electron chi connectivity index (χ0n) is 52.9. The summed E-state index contributed by atoms with van der Waals surface area (Å²) in [6.07, 6.45) is 4.58. The lowest BCUT2D eigenvalue weighted by atomic mass is 9.79. The smallest absolute Gasteiger partial charge is 0.494 e. The monoisotopic (exact) mass is 1540 g/mol. The van der Waals surface area contributed by atoms with Crippen molar-refractivity contribution in [1.29, 1.82) is 0 Å². The first-order valence-corrected chi connectivity index (χ1v) is 38.7. The van der Waals surface area contributed by atoms with E-state index >= 15 is 0 Å². The molecule has 3 amide bonds. The Kier molecular flexibility index (Phi) is 21.9. The summed E-state index contributed by atoms with van der Waals surface area (Å²) >= 11 is 10.7. The molecule has 0 radical (unpaired) electrons. The van der Waals surface area contributed by atoms with E-state index in [1.165, 1.54) is 119 Å². The van der Waals surface area contributed by atoms with Gasteiger partial charge < -0.3 is 39.5 Å². The number of hydrogen-bond acceptors (Lipinski definition) is 26. The molecule has 0 unspecified atom stereocenters. The molecule has 1 aliphatic heterocycles. The zero-order valence-corrected chi connectivity index (χ0v) is 61.8. The maximum atomic E-state index is 12.9. The van der Waals surface area contributed by atoms with E-state index in [1.54, 1.807) is 48.8 Å². The highest BCUT2D eigenvalue weighted by molar-refractivity contribution is 9.11. The van der Waals surface area contributed by atoms with Gasteiger partial charge in [0.25, 0.3) is 0 Å². The quantitative estimate of drug-likeness (QED) is 0.0803. The van der Waals surface area contributed by atoms with Gasteiger partial charge in [0.15, 0.2) is 15.4 Å². The number of sulfone groups is 3. The molecular formula is C63H57BBrN9O14S9. The lowest BCUT2D eigenvalue weighted by molar-refractivity contribution is -0.115. The summed E-state index contributed by atoms with van der Waals surface area (Å²) in [6, 6.07) is 35.8. The Bertz CT molecular complexity index is 5030. The fraction of sp³-hybridized carbons (Fsp3) is 0.190. The van der Waals surface area contributed by atoms with Crippen LogP contribution in [0, 0.1) is 0 Å². The van der Waals surface area contributed by atoms with E-state index in [0.717, 1.165) is 91.0 Å². The van der Waals surface area contributed by atoms with Gasteiger partial charge in [0.05, 0.1) is 97.6 Å². The number of carbonyl (C=O) groups excluding carboxylic acids is 3. The lowest BCUT2D eigenvalue weighted by Crippen LogP contribution is -2.41. The van der Waals surface area contributed by atoms with Gasteiger partial charge in [-0.3, -0.25) is 14.4 Å². The van der Waals surface area contributed by atoms with Crippen molar-refractivity contribution >= 4 is 190 Å². The van der Waals surface area contributed by atoms with Crippen LogP contribution in [0.5, 0.6) is 17.2 Å². The first-order valence-electron chi connectivity index (χ1n) is 28.6. The molecule has 13 rings (SSSR count). The van der Waals surface area contributed by atoms with Crippen LogP contribution in [-0.4, -0.2) is 113 Å². The average molecular weight is 1540 g/mol. The van der Waals surface area contributed by atoms with E-state index in [0.29, 0.717) is 36.4 Å². The molecule has 0 atom stereocenters. The van der Waals surface area contributed by atoms with Crippen molar-refractivity contribution in [3.63, 3.8) is 0 Å². The molecule has 0 spiro atoms. The first kappa shape index (κ1) is 71.8. The predicted molar refractivity (Wildman–Crippen MR) is 385 cm³/mol. The van der Waals surface area contributed by atoms with Crippen molar-refractivity contribution in [2.24, 2.45) is 0 Å². The van der Waals surface area contributed by atoms with Gasteiger partial charge >= 0.3 is 7.12 Å². The summed E-state index contributed by atoms with van der Waals surface area (Å²) in [5.41, 5.74) is 4.30. The number of methoxy groups -OCH3 is 3. The number of ether oxygens (including phenoxy) is 3. The SMILES string of the molecule is CC(=O)Nc1nc2ccc(B3OC(C)(C)C(C)(C)O3)cc2s1.COc1ccc(S(=O)(=O)c2ncc(-c3ccc4nc(NC(C)=O)sc4c3)s2)cc1.COc1ccc(S(=O)(=O)c2ncc(-c3ccc4nc(NC(C)=O)sc4c3)s2)cc1.COc1ccc(S(=O)(=O)c2ncc(Br)s2)cc1. The van der Waals surface area contributed by atoms with Crippen molar-refractivity contribution in [3.05, 3.63) is 150 Å². The van der Waals surface area contributed by atoms with Crippen molar-refractivity contribution in [1.82, 2.24) is 29.9 Å². The second-order valence-electron chi connectivity index (χ2n) is 21.7. The van der Waals surface area contributed by atoms with Crippen molar-refractivity contribution < 1.29 is 63.2 Å². The van der Waals surface area contributed by atoms with Crippen LogP contribution < -0.4 is 35.6 Å². The number of aromatic nitrogens is 6. The molecule has 1 aliphatic rings. The topological polar surface area (TPSA) is 313 Å². The van der Waals surface area contributed by atoms with Crippen LogP contribution in [0.1, 0.15) is 48.5 Å². The fourth-order valence-corrected chi connectivity index (χ4v) is 19.9. The summed E-state index contributed by atoms with van der Waals surface area (Å²) in [5, 5.41) is 9.72. The Labute approximate surface area is 590 Å². The molecule has 23 nitrogen and oxygen atoms in total.